The van der Waals surface area contributed by atoms with E-state index in [2.05, 4.69) is 15.5 Å². The van der Waals surface area contributed by atoms with Gasteiger partial charge in [0.2, 0.25) is 0 Å². The lowest BCUT2D eigenvalue weighted by atomic mass is 10.0. The van der Waals surface area contributed by atoms with E-state index in [1.54, 1.807) is 24.3 Å². The van der Waals surface area contributed by atoms with Gasteiger partial charge in [-0.25, -0.2) is 0 Å². The fourth-order valence-corrected chi connectivity index (χ4v) is 2.62. The monoisotopic (exact) mass is 379 g/mol. The summed E-state index contributed by atoms with van der Waals surface area (Å²) in [6, 6.07) is 9.56. The standard InChI is InChI=1S/C18H16F3N3O3/c19-18(20,21)10-5-6-14(15(27)7-10)16-12-3-1-2-4-13(12)17(24-23-16)22-8-11(26)9-25/h1-7,11,25-27H,8-9H2,(H,22,24)/t11-/m1/s1. The second kappa shape index (κ2) is 7.37. The van der Waals surface area contributed by atoms with Gasteiger partial charge in [0.15, 0.2) is 5.82 Å². The summed E-state index contributed by atoms with van der Waals surface area (Å²) in [4.78, 5) is 0. The van der Waals surface area contributed by atoms with Crippen LogP contribution in [-0.4, -0.2) is 44.8 Å². The zero-order valence-corrected chi connectivity index (χ0v) is 13.9. The minimum absolute atomic E-state index is 0.0417. The molecule has 0 aliphatic carbocycles. The topological polar surface area (TPSA) is 98.5 Å². The first-order valence-electron chi connectivity index (χ1n) is 8.00. The first-order valence-corrected chi connectivity index (χ1v) is 8.00. The first kappa shape index (κ1) is 18.9. The number of halogens is 3. The van der Waals surface area contributed by atoms with Crippen LogP contribution in [0, 0.1) is 0 Å². The molecule has 142 valence electrons. The van der Waals surface area contributed by atoms with E-state index in [9.17, 15) is 23.4 Å². The Morgan fingerprint density at radius 2 is 1.74 bits per heavy atom. The van der Waals surface area contributed by atoms with Crippen LogP contribution in [0.4, 0.5) is 19.0 Å². The van der Waals surface area contributed by atoms with E-state index in [1.165, 1.54) is 0 Å². The summed E-state index contributed by atoms with van der Waals surface area (Å²) in [6.07, 6.45) is -5.55. The number of aliphatic hydroxyl groups is 2. The average molecular weight is 379 g/mol. The van der Waals surface area contributed by atoms with E-state index in [4.69, 9.17) is 5.11 Å². The Morgan fingerprint density at radius 3 is 2.37 bits per heavy atom. The molecule has 27 heavy (non-hydrogen) atoms. The molecular weight excluding hydrogens is 363 g/mol. The smallest absolute Gasteiger partial charge is 0.416 e. The molecule has 0 unspecified atom stereocenters. The number of benzene rings is 2. The summed E-state index contributed by atoms with van der Waals surface area (Å²) in [7, 11) is 0. The van der Waals surface area contributed by atoms with Crippen molar-refractivity contribution < 1.29 is 28.5 Å². The molecule has 0 fully saturated rings. The highest BCUT2D eigenvalue weighted by Crippen LogP contribution is 2.38. The van der Waals surface area contributed by atoms with Gasteiger partial charge >= 0.3 is 6.18 Å². The van der Waals surface area contributed by atoms with Crippen molar-refractivity contribution in [3.8, 4) is 17.0 Å². The lowest BCUT2D eigenvalue weighted by molar-refractivity contribution is -0.137. The predicted octanol–water partition coefficient (Wildman–Crippen LogP) is 2.79. The number of hydrogen-bond donors (Lipinski definition) is 4. The largest absolute Gasteiger partial charge is 0.507 e. The van der Waals surface area contributed by atoms with Gasteiger partial charge in [0.25, 0.3) is 0 Å². The van der Waals surface area contributed by atoms with Crippen LogP contribution in [-0.2, 0) is 6.18 Å². The van der Waals surface area contributed by atoms with Crippen LogP contribution in [0.25, 0.3) is 22.0 Å². The van der Waals surface area contributed by atoms with Crippen LogP contribution in [0.15, 0.2) is 42.5 Å². The maximum atomic E-state index is 12.8. The number of nitrogens with one attached hydrogen (secondary N) is 1. The molecule has 3 aromatic rings. The van der Waals surface area contributed by atoms with Crippen LogP contribution in [0.5, 0.6) is 5.75 Å². The number of nitrogens with zero attached hydrogens (tertiary/aromatic N) is 2. The third-order valence-corrected chi connectivity index (χ3v) is 3.98. The number of aromatic nitrogens is 2. The molecule has 0 amide bonds. The van der Waals surface area contributed by atoms with Crippen LogP contribution in [0.1, 0.15) is 5.56 Å². The number of aliphatic hydroxyl groups excluding tert-OH is 2. The Bertz CT molecular complexity index is 963. The number of aromatic hydroxyl groups is 1. The Kier molecular flexibility index (Phi) is 5.15. The van der Waals surface area contributed by atoms with Gasteiger partial charge in [0.1, 0.15) is 11.4 Å². The normalized spacial score (nSPS) is 12.9. The number of rotatable bonds is 5. The van der Waals surface area contributed by atoms with Crippen molar-refractivity contribution in [2.45, 2.75) is 12.3 Å². The van der Waals surface area contributed by atoms with Gasteiger partial charge in [-0.2, -0.15) is 13.2 Å². The predicted molar refractivity (Wildman–Crippen MR) is 93.2 cm³/mol. The molecule has 0 spiro atoms. The summed E-state index contributed by atoms with van der Waals surface area (Å²) in [6.45, 7) is -0.379. The Morgan fingerprint density at radius 1 is 1.04 bits per heavy atom. The summed E-state index contributed by atoms with van der Waals surface area (Å²) in [5.74, 6) is -0.214. The number of alkyl halides is 3. The molecule has 1 atom stereocenters. The fourth-order valence-electron chi connectivity index (χ4n) is 2.62. The third kappa shape index (κ3) is 3.93. The molecular formula is C18H16F3N3O3. The zero-order chi connectivity index (χ0) is 19.6. The summed E-state index contributed by atoms with van der Waals surface area (Å²) >= 11 is 0. The quantitative estimate of drug-likeness (QED) is 0.544. The number of fused-ring (bicyclic) bond motifs is 1. The summed E-state index contributed by atoms with van der Waals surface area (Å²) < 4.78 is 38.4. The van der Waals surface area contributed by atoms with Gasteiger partial charge in [-0.1, -0.05) is 24.3 Å². The van der Waals surface area contributed by atoms with Crippen molar-refractivity contribution in [3.05, 3.63) is 48.0 Å². The minimum Gasteiger partial charge on any atom is -0.507 e. The molecule has 3 rings (SSSR count). The van der Waals surface area contributed by atoms with E-state index in [0.29, 0.717) is 22.7 Å². The third-order valence-electron chi connectivity index (χ3n) is 3.98. The van der Waals surface area contributed by atoms with E-state index in [1.807, 2.05) is 0 Å². The SMILES string of the molecule is OC[C@H](O)CNc1nnc(-c2ccc(C(F)(F)F)cc2O)c2ccccc12. The van der Waals surface area contributed by atoms with Crippen molar-refractivity contribution in [2.75, 3.05) is 18.5 Å². The number of phenolic OH excluding ortho intramolecular Hbond substituents is 1. The Labute approximate surface area is 151 Å². The van der Waals surface area contributed by atoms with Gasteiger partial charge in [-0.15, -0.1) is 10.2 Å². The molecule has 2 aromatic carbocycles. The maximum Gasteiger partial charge on any atom is 0.416 e. The van der Waals surface area contributed by atoms with E-state index < -0.39 is 30.2 Å². The molecule has 0 radical (unpaired) electrons. The van der Waals surface area contributed by atoms with Gasteiger partial charge in [-0.3, -0.25) is 0 Å². The lowest BCUT2D eigenvalue weighted by Gasteiger charge is -2.14. The minimum atomic E-state index is -4.56. The zero-order valence-electron chi connectivity index (χ0n) is 13.9. The summed E-state index contributed by atoms with van der Waals surface area (Å²) in [5, 5.41) is 40.5. The first-order chi connectivity index (χ1) is 12.8. The van der Waals surface area contributed by atoms with Crippen LogP contribution >= 0.6 is 0 Å². The highest BCUT2D eigenvalue weighted by atomic mass is 19.4. The second-order valence-electron chi connectivity index (χ2n) is 5.89. The van der Waals surface area contributed by atoms with Gasteiger partial charge in [0.05, 0.1) is 18.3 Å². The lowest BCUT2D eigenvalue weighted by Crippen LogP contribution is -2.23. The van der Waals surface area contributed by atoms with E-state index >= 15 is 0 Å². The molecule has 6 nitrogen and oxygen atoms in total. The van der Waals surface area contributed by atoms with E-state index in [0.717, 1.165) is 12.1 Å². The van der Waals surface area contributed by atoms with Gasteiger partial charge < -0.3 is 20.6 Å². The molecule has 1 heterocycles. The number of phenols is 1. The molecule has 0 saturated heterocycles. The second-order valence-corrected chi connectivity index (χ2v) is 5.89. The Hall–Kier alpha value is -2.91. The van der Waals surface area contributed by atoms with Crippen LogP contribution < -0.4 is 5.32 Å². The number of hydrogen-bond acceptors (Lipinski definition) is 6. The fraction of sp³-hybridized carbons (Fsp3) is 0.222. The molecule has 4 N–H and O–H groups in total. The molecule has 9 heteroatoms. The highest BCUT2D eigenvalue weighted by Gasteiger charge is 2.31. The van der Waals surface area contributed by atoms with Crippen molar-refractivity contribution in [2.24, 2.45) is 0 Å². The molecule has 0 aliphatic heterocycles. The van der Waals surface area contributed by atoms with Crippen molar-refractivity contribution in [3.63, 3.8) is 0 Å². The van der Waals surface area contributed by atoms with E-state index in [-0.39, 0.29) is 17.8 Å². The number of anilines is 1. The van der Waals surface area contributed by atoms with Gasteiger partial charge in [-0.05, 0) is 18.2 Å². The average Bonchev–Trinajstić information content (AvgIpc) is 2.65. The van der Waals surface area contributed by atoms with Crippen molar-refractivity contribution in [1.82, 2.24) is 10.2 Å². The van der Waals surface area contributed by atoms with Crippen molar-refractivity contribution in [1.29, 1.82) is 0 Å². The molecule has 0 saturated carbocycles. The summed E-state index contributed by atoms with van der Waals surface area (Å²) in [5.41, 5.74) is -0.615. The molecule has 0 bridgehead atoms. The van der Waals surface area contributed by atoms with Crippen LogP contribution in [0.2, 0.25) is 0 Å². The Balaban J connectivity index is 2.06. The maximum absolute atomic E-state index is 12.8. The van der Waals surface area contributed by atoms with Gasteiger partial charge in [0, 0.05) is 22.9 Å². The van der Waals surface area contributed by atoms with Crippen molar-refractivity contribution >= 4 is 16.6 Å². The molecule has 1 aromatic heterocycles. The molecule has 0 aliphatic rings. The highest BCUT2D eigenvalue weighted by molar-refractivity contribution is 6.00. The van der Waals surface area contributed by atoms with Crippen LogP contribution in [0.3, 0.4) is 0 Å².